The Labute approximate surface area is 222 Å². The molecule has 5 rings (SSSR count). The van der Waals surface area contributed by atoms with Crippen LogP contribution in [0.4, 0.5) is 21.6 Å². The van der Waals surface area contributed by atoms with Crippen LogP contribution in [0.2, 0.25) is 0 Å². The Morgan fingerprint density at radius 3 is 2.38 bits per heavy atom. The first-order valence-electron chi connectivity index (χ1n) is 11.9. The van der Waals surface area contributed by atoms with Gasteiger partial charge in [-0.1, -0.05) is 29.8 Å². The largest absolute Gasteiger partial charge is 0.399 e. The van der Waals surface area contributed by atoms with Crippen LogP contribution in [-0.4, -0.2) is 32.9 Å². The summed E-state index contributed by atoms with van der Waals surface area (Å²) in [4.78, 5) is 19.8. The van der Waals surface area contributed by atoms with Crippen molar-refractivity contribution >= 4 is 36.6 Å². The molecule has 0 spiro atoms. The van der Waals surface area contributed by atoms with Crippen molar-refractivity contribution in [2.75, 3.05) is 17.6 Å². The molecule has 0 aliphatic carbocycles. The van der Waals surface area contributed by atoms with Gasteiger partial charge in [0.2, 0.25) is 5.91 Å². The minimum atomic E-state index is -0.656. The van der Waals surface area contributed by atoms with Gasteiger partial charge in [0.1, 0.15) is 23.2 Å². The molecule has 1 atom stereocenters. The van der Waals surface area contributed by atoms with Crippen molar-refractivity contribution in [3.05, 3.63) is 95.6 Å². The van der Waals surface area contributed by atoms with E-state index in [1.165, 1.54) is 17.7 Å². The van der Waals surface area contributed by atoms with Crippen molar-refractivity contribution in [2.45, 2.75) is 32.5 Å². The third-order valence-corrected chi connectivity index (χ3v) is 6.47. The molecule has 4 aromatic rings. The topological polar surface area (TPSA) is 102 Å². The van der Waals surface area contributed by atoms with E-state index in [2.05, 4.69) is 9.88 Å². The van der Waals surface area contributed by atoms with E-state index in [0.717, 1.165) is 28.5 Å². The van der Waals surface area contributed by atoms with Crippen LogP contribution in [0.25, 0.3) is 11.3 Å². The third-order valence-electron chi connectivity index (χ3n) is 6.47. The van der Waals surface area contributed by atoms with Crippen molar-refractivity contribution in [3.63, 3.8) is 0 Å². The fourth-order valence-electron chi connectivity index (χ4n) is 4.46. The Balaban J connectivity index is 0.00000320. The van der Waals surface area contributed by atoms with Gasteiger partial charge < -0.3 is 26.3 Å². The summed E-state index contributed by atoms with van der Waals surface area (Å²) in [7, 11) is 0. The summed E-state index contributed by atoms with van der Waals surface area (Å²) in [5.41, 5.74) is 17.3. The normalized spacial score (nSPS) is 13.4. The Morgan fingerprint density at radius 1 is 1.03 bits per heavy atom. The lowest BCUT2D eigenvalue weighted by Crippen LogP contribution is -2.47. The van der Waals surface area contributed by atoms with Crippen LogP contribution in [0, 0.1) is 12.7 Å². The third kappa shape index (κ3) is 5.79. The number of imidazole rings is 1. The van der Waals surface area contributed by atoms with Gasteiger partial charge in [0, 0.05) is 30.0 Å². The highest BCUT2D eigenvalue weighted by molar-refractivity contribution is 7.59. The van der Waals surface area contributed by atoms with Crippen molar-refractivity contribution in [3.8, 4) is 11.3 Å². The van der Waals surface area contributed by atoms with Gasteiger partial charge in [-0.2, -0.15) is 13.5 Å². The van der Waals surface area contributed by atoms with Crippen LogP contribution in [0.5, 0.6) is 0 Å². The summed E-state index contributed by atoms with van der Waals surface area (Å²) in [6, 6.07) is 21.1. The summed E-state index contributed by atoms with van der Waals surface area (Å²) < 4.78 is 15.7. The summed E-state index contributed by atoms with van der Waals surface area (Å²) in [6.07, 6.45) is 0.436. The number of carbonyl (C=O) groups excluding carboxylic acids is 1. The number of fused-ring (bicyclic) bond motifs is 1. The summed E-state index contributed by atoms with van der Waals surface area (Å²) in [5.74, 6) is 1.15. The molecule has 37 heavy (non-hydrogen) atoms. The number of nitrogen functional groups attached to an aromatic ring is 1. The molecule has 0 saturated carbocycles. The minimum Gasteiger partial charge on any atom is -0.399 e. The van der Waals surface area contributed by atoms with E-state index in [0.29, 0.717) is 37.4 Å². The molecule has 5 N–H and O–H groups in total. The number of halogens is 1. The van der Waals surface area contributed by atoms with Gasteiger partial charge in [-0.3, -0.25) is 4.79 Å². The number of amides is 1. The standard InChI is InChI=1S/C28H29FN6O.H2S/c1-18-2-12-23(13-3-18)32-27-26(20-6-8-21(29)9-7-20)33-25-17-34(14-15-35(25)27)28(36)24(31)16-19-4-10-22(30)11-5-19;/h2-13,24,32H,14-17,30-31H2,1H3;1H2/t24-;/m0./s1. The number of hydrogen-bond acceptors (Lipinski definition) is 5. The van der Waals surface area contributed by atoms with Gasteiger partial charge in [0.15, 0.2) is 0 Å². The van der Waals surface area contributed by atoms with E-state index in [1.807, 2.05) is 55.5 Å². The van der Waals surface area contributed by atoms with Crippen LogP contribution in [0.3, 0.4) is 0 Å². The number of nitrogens with two attached hydrogens (primary N) is 2. The lowest BCUT2D eigenvalue weighted by Gasteiger charge is -2.30. The molecule has 0 saturated heterocycles. The van der Waals surface area contributed by atoms with Crippen LogP contribution < -0.4 is 16.8 Å². The highest BCUT2D eigenvalue weighted by atomic mass is 32.1. The second kappa shape index (κ2) is 11.1. The number of benzene rings is 3. The summed E-state index contributed by atoms with van der Waals surface area (Å²) in [6.45, 7) is 3.47. The maximum Gasteiger partial charge on any atom is 0.240 e. The Hall–Kier alpha value is -3.82. The monoisotopic (exact) mass is 518 g/mol. The van der Waals surface area contributed by atoms with Gasteiger partial charge >= 0.3 is 0 Å². The molecule has 0 fully saturated rings. The lowest BCUT2D eigenvalue weighted by atomic mass is 10.0. The van der Waals surface area contributed by atoms with Crippen LogP contribution >= 0.6 is 13.5 Å². The van der Waals surface area contributed by atoms with Crippen molar-refractivity contribution in [1.29, 1.82) is 0 Å². The number of hydrogen-bond donors (Lipinski definition) is 3. The maximum atomic E-state index is 13.6. The zero-order valence-electron chi connectivity index (χ0n) is 20.6. The number of rotatable bonds is 6. The lowest BCUT2D eigenvalue weighted by molar-refractivity contribution is -0.134. The zero-order valence-corrected chi connectivity index (χ0v) is 21.6. The van der Waals surface area contributed by atoms with Crippen LogP contribution in [0.1, 0.15) is 17.0 Å². The quantitative estimate of drug-likeness (QED) is 0.330. The van der Waals surface area contributed by atoms with Crippen molar-refractivity contribution in [1.82, 2.24) is 14.5 Å². The van der Waals surface area contributed by atoms with Gasteiger partial charge in [0.05, 0.1) is 12.6 Å². The fraction of sp³-hybridized carbons (Fsp3) is 0.214. The molecular weight excluding hydrogens is 487 g/mol. The molecule has 1 aliphatic rings. The fourth-order valence-corrected chi connectivity index (χ4v) is 4.46. The molecule has 1 amide bonds. The first kappa shape index (κ1) is 26.2. The predicted molar refractivity (Wildman–Crippen MR) is 150 cm³/mol. The molecule has 2 heterocycles. The second-order valence-corrected chi connectivity index (χ2v) is 9.19. The molecule has 1 aromatic heterocycles. The Kier molecular flexibility index (Phi) is 7.85. The molecule has 0 radical (unpaired) electrons. The molecule has 1 aliphatic heterocycles. The molecule has 9 heteroatoms. The number of aromatic nitrogens is 2. The van der Waals surface area contributed by atoms with E-state index in [9.17, 15) is 9.18 Å². The van der Waals surface area contributed by atoms with Crippen LogP contribution in [-0.2, 0) is 24.3 Å². The van der Waals surface area contributed by atoms with Gasteiger partial charge in [-0.25, -0.2) is 9.37 Å². The summed E-state index contributed by atoms with van der Waals surface area (Å²) in [5, 5.41) is 3.49. The van der Waals surface area contributed by atoms with Crippen molar-refractivity contribution < 1.29 is 9.18 Å². The number of nitrogens with zero attached hydrogens (tertiary/aromatic N) is 3. The van der Waals surface area contributed by atoms with Crippen LogP contribution in [0.15, 0.2) is 72.8 Å². The van der Waals surface area contributed by atoms with Gasteiger partial charge in [0.25, 0.3) is 0 Å². The van der Waals surface area contributed by atoms with E-state index < -0.39 is 6.04 Å². The molecule has 0 unspecified atom stereocenters. The van der Waals surface area contributed by atoms with E-state index in [1.54, 1.807) is 17.0 Å². The highest BCUT2D eigenvalue weighted by Gasteiger charge is 2.29. The Bertz CT molecular complexity index is 1370. The number of aryl methyl sites for hydroxylation is 1. The van der Waals surface area contributed by atoms with E-state index in [4.69, 9.17) is 16.5 Å². The first-order chi connectivity index (χ1) is 17.4. The number of carbonyl (C=O) groups is 1. The number of anilines is 3. The molecule has 192 valence electrons. The Morgan fingerprint density at radius 2 is 1.70 bits per heavy atom. The highest BCUT2D eigenvalue weighted by Crippen LogP contribution is 2.33. The van der Waals surface area contributed by atoms with Gasteiger partial charge in [-0.15, -0.1) is 0 Å². The second-order valence-electron chi connectivity index (χ2n) is 9.19. The maximum absolute atomic E-state index is 13.6. The zero-order chi connectivity index (χ0) is 25.2. The average molecular weight is 519 g/mol. The van der Waals surface area contributed by atoms with Crippen molar-refractivity contribution in [2.24, 2.45) is 5.73 Å². The molecular formula is C28H31FN6OS. The summed E-state index contributed by atoms with van der Waals surface area (Å²) >= 11 is 0. The average Bonchev–Trinajstić information content (AvgIpc) is 3.24. The van der Waals surface area contributed by atoms with E-state index in [-0.39, 0.29) is 25.2 Å². The molecule has 0 bridgehead atoms. The number of nitrogens with one attached hydrogen (secondary N) is 1. The van der Waals surface area contributed by atoms with E-state index >= 15 is 0 Å². The smallest absolute Gasteiger partial charge is 0.240 e. The molecule has 3 aromatic carbocycles. The minimum absolute atomic E-state index is 0. The first-order valence-corrected chi connectivity index (χ1v) is 11.9. The SMILES string of the molecule is Cc1ccc(Nc2c(-c3ccc(F)cc3)nc3n2CCN(C(=O)[C@@H](N)Cc2ccc(N)cc2)C3)cc1.S. The molecule has 7 nitrogen and oxygen atoms in total. The predicted octanol–water partition coefficient (Wildman–Crippen LogP) is 4.35. The van der Waals surface area contributed by atoms with Gasteiger partial charge in [-0.05, 0) is 67.4 Å².